The summed E-state index contributed by atoms with van der Waals surface area (Å²) in [5.74, 6) is 0.365. The summed E-state index contributed by atoms with van der Waals surface area (Å²) in [7, 11) is 0. The highest BCUT2D eigenvalue weighted by Gasteiger charge is 2.33. The van der Waals surface area contributed by atoms with Crippen molar-refractivity contribution in [2.45, 2.75) is 31.4 Å². The van der Waals surface area contributed by atoms with Gasteiger partial charge in [0.25, 0.3) is 0 Å². The van der Waals surface area contributed by atoms with E-state index in [2.05, 4.69) is 69.0 Å². The van der Waals surface area contributed by atoms with Crippen molar-refractivity contribution in [2.75, 3.05) is 18.0 Å². The van der Waals surface area contributed by atoms with Crippen LogP contribution >= 0.6 is 0 Å². The zero-order chi connectivity index (χ0) is 18.2. The predicted molar refractivity (Wildman–Crippen MR) is 108 cm³/mol. The van der Waals surface area contributed by atoms with Crippen molar-refractivity contribution < 1.29 is 5.11 Å². The Kier molecular flexibility index (Phi) is 4.21. The molecule has 2 aromatic carbocycles. The fourth-order valence-corrected chi connectivity index (χ4v) is 4.78. The van der Waals surface area contributed by atoms with Crippen LogP contribution in [0.5, 0.6) is 0 Å². The van der Waals surface area contributed by atoms with Crippen LogP contribution in [0.2, 0.25) is 0 Å². The predicted octanol–water partition coefficient (Wildman–Crippen LogP) is 4.12. The van der Waals surface area contributed by atoms with Crippen LogP contribution in [0, 0.1) is 5.92 Å². The Balaban J connectivity index is 1.28. The van der Waals surface area contributed by atoms with E-state index in [-0.39, 0.29) is 12.1 Å². The molecule has 1 fully saturated rings. The second-order valence-electron chi connectivity index (χ2n) is 7.75. The van der Waals surface area contributed by atoms with Gasteiger partial charge in [0.15, 0.2) is 0 Å². The molecule has 3 heterocycles. The van der Waals surface area contributed by atoms with Gasteiger partial charge < -0.3 is 14.6 Å². The number of piperidine rings is 1. The third-order valence-electron chi connectivity index (χ3n) is 6.27. The first kappa shape index (κ1) is 16.6. The maximum absolute atomic E-state index is 11.0. The maximum atomic E-state index is 11.0. The summed E-state index contributed by atoms with van der Waals surface area (Å²) in [5.41, 5.74) is 5.03. The van der Waals surface area contributed by atoms with Crippen molar-refractivity contribution >= 4 is 5.69 Å². The van der Waals surface area contributed by atoms with Gasteiger partial charge in [-0.05, 0) is 42.9 Å². The van der Waals surface area contributed by atoms with Crippen LogP contribution in [-0.4, -0.2) is 33.9 Å². The van der Waals surface area contributed by atoms with Crippen molar-refractivity contribution in [3.8, 4) is 11.3 Å². The first-order valence-corrected chi connectivity index (χ1v) is 9.90. The smallest absolute Gasteiger partial charge is 0.0956 e. The lowest BCUT2D eigenvalue weighted by molar-refractivity contribution is 0.0757. The van der Waals surface area contributed by atoms with Crippen molar-refractivity contribution in [1.82, 2.24) is 9.55 Å². The van der Waals surface area contributed by atoms with E-state index in [1.165, 1.54) is 22.5 Å². The average molecular weight is 359 g/mol. The van der Waals surface area contributed by atoms with Crippen molar-refractivity contribution in [3.05, 3.63) is 72.7 Å². The number of aromatic nitrogens is 2. The Morgan fingerprint density at radius 3 is 2.56 bits per heavy atom. The Bertz CT molecular complexity index is 912. The van der Waals surface area contributed by atoms with Crippen molar-refractivity contribution in [2.24, 2.45) is 5.92 Å². The molecule has 1 N–H and O–H groups in total. The molecular weight excluding hydrogens is 334 g/mol. The molecule has 3 aromatic rings. The molecule has 2 aliphatic heterocycles. The topological polar surface area (TPSA) is 41.3 Å². The number of rotatable bonds is 4. The number of para-hydroxylation sites is 1. The number of hydrogen-bond donors (Lipinski definition) is 1. The molecular formula is C23H25N3O. The summed E-state index contributed by atoms with van der Waals surface area (Å²) in [5, 5.41) is 11.0. The van der Waals surface area contributed by atoms with E-state index < -0.39 is 0 Å². The molecule has 0 unspecified atom stereocenters. The van der Waals surface area contributed by atoms with Crippen molar-refractivity contribution in [1.29, 1.82) is 0 Å². The third-order valence-corrected chi connectivity index (χ3v) is 6.27. The van der Waals surface area contributed by atoms with Crippen LogP contribution in [0.4, 0.5) is 5.69 Å². The largest absolute Gasteiger partial charge is 0.393 e. The van der Waals surface area contributed by atoms with Gasteiger partial charge in [-0.3, -0.25) is 0 Å². The molecule has 0 spiro atoms. The number of fused-ring (bicyclic) bond motifs is 3. The zero-order valence-corrected chi connectivity index (χ0v) is 15.4. The van der Waals surface area contributed by atoms with E-state index >= 15 is 0 Å². The second-order valence-corrected chi connectivity index (χ2v) is 7.75. The highest BCUT2D eigenvalue weighted by molar-refractivity contribution is 5.68. The van der Waals surface area contributed by atoms with Crippen LogP contribution in [0.3, 0.4) is 0 Å². The molecule has 4 nitrogen and oxygen atoms in total. The Labute approximate surface area is 160 Å². The lowest BCUT2D eigenvalue weighted by atomic mass is 9.86. The summed E-state index contributed by atoms with van der Waals surface area (Å²) in [6, 6.07) is 19.3. The molecule has 0 saturated carbocycles. The Morgan fingerprint density at radius 1 is 1.00 bits per heavy atom. The summed E-state index contributed by atoms with van der Waals surface area (Å²) in [6.45, 7) is 2.03. The molecule has 0 radical (unpaired) electrons. The van der Waals surface area contributed by atoms with Gasteiger partial charge in [0.1, 0.15) is 0 Å². The molecule has 2 atom stereocenters. The molecule has 2 aliphatic rings. The highest BCUT2D eigenvalue weighted by atomic mass is 16.3. The second kappa shape index (κ2) is 6.86. The number of anilines is 1. The van der Waals surface area contributed by atoms with Crippen LogP contribution < -0.4 is 4.90 Å². The van der Waals surface area contributed by atoms with E-state index in [1.54, 1.807) is 0 Å². The van der Waals surface area contributed by atoms with Crippen molar-refractivity contribution in [3.63, 3.8) is 0 Å². The van der Waals surface area contributed by atoms with E-state index in [1.807, 2.05) is 12.5 Å². The van der Waals surface area contributed by atoms with Gasteiger partial charge in [-0.25, -0.2) is 4.98 Å². The third kappa shape index (κ3) is 2.94. The standard InChI is InChI=1S/C23H25N3O/c27-23(17-10-12-25(13-11-17)18-6-2-1-3-7-18)14-21-19-8-4-5-9-20(19)22-15-24-16-26(21)22/h1-9,15-17,21,23,27H,10-14H2/t21-,23+/m1/s1. The summed E-state index contributed by atoms with van der Waals surface area (Å²) >= 11 is 0. The number of imidazole rings is 1. The number of nitrogens with zero attached hydrogens (tertiary/aromatic N) is 3. The van der Waals surface area contributed by atoms with Gasteiger partial charge in [0.05, 0.1) is 30.4 Å². The fourth-order valence-electron chi connectivity index (χ4n) is 4.78. The molecule has 0 amide bonds. The van der Waals surface area contributed by atoms with E-state index in [0.717, 1.165) is 32.4 Å². The van der Waals surface area contributed by atoms with E-state index in [0.29, 0.717) is 5.92 Å². The molecule has 27 heavy (non-hydrogen) atoms. The van der Waals surface area contributed by atoms with E-state index in [9.17, 15) is 5.11 Å². The number of aliphatic hydroxyl groups is 1. The van der Waals surface area contributed by atoms with Crippen LogP contribution in [0.15, 0.2) is 67.1 Å². The maximum Gasteiger partial charge on any atom is 0.0956 e. The number of aliphatic hydroxyl groups excluding tert-OH is 1. The molecule has 138 valence electrons. The summed E-state index contributed by atoms with van der Waals surface area (Å²) in [6.07, 6.45) is 6.40. The number of benzene rings is 2. The minimum atomic E-state index is -0.283. The monoisotopic (exact) mass is 359 g/mol. The zero-order valence-electron chi connectivity index (χ0n) is 15.4. The minimum Gasteiger partial charge on any atom is -0.393 e. The van der Waals surface area contributed by atoms with Gasteiger partial charge in [0.2, 0.25) is 0 Å². The molecule has 4 heteroatoms. The average Bonchev–Trinajstić information content (AvgIpc) is 3.32. The normalized spacial score (nSPS) is 20.3. The quantitative estimate of drug-likeness (QED) is 0.762. The molecule has 5 rings (SSSR count). The van der Waals surface area contributed by atoms with Gasteiger partial charge >= 0.3 is 0 Å². The number of hydrogen-bond acceptors (Lipinski definition) is 3. The van der Waals surface area contributed by atoms with Crippen LogP contribution in [0.25, 0.3) is 11.3 Å². The first-order valence-electron chi connectivity index (χ1n) is 9.90. The lowest BCUT2D eigenvalue weighted by Gasteiger charge is -2.36. The van der Waals surface area contributed by atoms with Gasteiger partial charge in [-0.15, -0.1) is 0 Å². The molecule has 0 aliphatic carbocycles. The molecule has 0 bridgehead atoms. The Morgan fingerprint density at radius 2 is 1.74 bits per heavy atom. The van der Waals surface area contributed by atoms with Crippen LogP contribution in [-0.2, 0) is 0 Å². The molecule has 1 saturated heterocycles. The van der Waals surface area contributed by atoms with E-state index in [4.69, 9.17) is 0 Å². The fraction of sp³-hybridized carbons (Fsp3) is 0.348. The first-order chi connectivity index (χ1) is 13.3. The Hall–Kier alpha value is -2.59. The SMILES string of the molecule is O[C@@H](C[C@@H]1c2ccccc2-c2cncn21)C1CCN(c2ccccc2)CC1. The van der Waals surface area contributed by atoms with Gasteiger partial charge in [-0.1, -0.05) is 42.5 Å². The van der Waals surface area contributed by atoms with Gasteiger partial charge in [-0.2, -0.15) is 0 Å². The van der Waals surface area contributed by atoms with Crippen LogP contribution in [0.1, 0.15) is 30.9 Å². The highest BCUT2D eigenvalue weighted by Crippen LogP contribution is 2.42. The summed E-state index contributed by atoms with van der Waals surface area (Å²) in [4.78, 5) is 6.76. The minimum absolute atomic E-state index is 0.195. The summed E-state index contributed by atoms with van der Waals surface area (Å²) < 4.78 is 2.23. The van der Waals surface area contributed by atoms with Gasteiger partial charge in [0, 0.05) is 24.3 Å². The molecule has 1 aromatic heterocycles. The lowest BCUT2D eigenvalue weighted by Crippen LogP contribution is -2.38.